The molecule has 2 aromatic rings. The highest BCUT2D eigenvalue weighted by Gasteiger charge is 2.17. The molecule has 0 aliphatic carbocycles. The normalized spacial score (nSPS) is 11.0. The maximum absolute atomic E-state index is 11.9. The van der Waals surface area contributed by atoms with E-state index in [1.54, 1.807) is 42.5 Å². The molecular formula is C17H15N3O3. The summed E-state index contributed by atoms with van der Waals surface area (Å²) < 4.78 is 5.43. The Morgan fingerprint density at radius 1 is 1.13 bits per heavy atom. The van der Waals surface area contributed by atoms with Crippen LogP contribution >= 0.6 is 0 Å². The molecule has 1 atom stereocenters. The van der Waals surface area contributed by atoms with Gasteiger partial charge in [-0.3, -0.25) is 10.1 Å². The number of nitrogens with one attached hydrogen (secondary N) is 2. The summed E-state index contributed by atoms with van der Waals surface area (Å²) >= 11 is 0. The van der Waals surface area contributed by atoms with E-state index in [1.165, 1.54) is 13.0 Å². The summed E-state index contributed by atoms with van der Waals surface area (Å²) in [6.07, 6.45) is -0.884. The molecule has 0 spiro atoms. The van der Waals surface area contributed by atoms with E-state index < -0.39 is 18.0 Å². The molecule has 2 aromatic carbocycles. The van der Waals surface area contributed by atoms with Crippen LogP contribution in [0.25, 0.3) is 0 Å². The zero-order valence-corrected chi connectivity index (χ0v) is 12.4. The minimum absolute atomic E-state index is 0.384. The molecule has 23 heavy (non-hydrogen) atoms. The minimum Gasteiger partial charge on any atom is -0.481 e. The lowest BCUT2D eigenvalue weighted by molar-refractivity contribution is -0.126. The lowest BCUT2D eigenvalue weighted by Crippen LogP contribution is -2.42. The van der Waals surface area contributed by atoms with Crippen LogP contribution in [0, 0.1) is 11.3 Å². The van der Waals surface area contributed by atoms with Gasteiger partial charge in [-0.2, -0.15) is 5.26 Å². The number of carbonyl (C=O) groups excluding carboxylic acids is 2. The molecule has 0 aliphatic heterocycles. The molecular weight excluding hydrogens is 294 g/mol. The summed E-state index contributed by atoms with van der Waals surface area (Å²) in [7, 11) is 0. The number of nitrogens with zero attached hydrogens (tertiary/aromatic N) is 1. The Kier molecular flexibility index (Phi) is 5.31. The molecule has 0 aromatic heterocycles. The zero-order chi connectivity index (χ0) is 16.7. The Morgan fingerprint density at radius 2 is 1.87 bits per heavy atom. The maximum Gasteiger partial charge on any atom is 0.325 e. The number of rotatable bonds is 4. The third kappa shape index (κ3) is 4.86. The molecule has 0 aliphatic rings. The van der Waals surface area contributed by atoms with Crippen LogP contribution in [0.5, 0.6) is 5.75 Å². The number of imide groups is 1. The van der Waals surface area contributed by atoms with Crippen LogP contribution in [0.15, 0.2) is 54.6 Å². The van der Waals surface area contributed by atoms with Gasteiger partial charge in [0.05, 0.1) is 11.6 Å². The summed E-state index contributed by atoms with van der Waals surface area (Å²) in [5, 5.41) is 13.6. The number of hydrogen-bond donors (Lipinski definition) is 2. The van der Waals surface area contributed by atoms with E-state index in [0.717, 1.165) is 0 Å². The quantitative estimate of drug-likeness (QED) is 0.908. The van der Waals surface area contributed by atoms with Crippen LogP contribution in [0.3, 0.4) is 0 Å². The van der Waals surface area contributed by atoms with Crippen LogP contribution in [0.2, 0.25) is 0 Å². The van der Waals surface area contributed by atoms with Crippen molar-refractivity contribution < 1.29 is 14.3 Å². The lowest BCUT2D eigenvalue weighted by atomic mass is 10.2. The second-order valence-electron chi connectivity index (χ2n) is 4.71. The molecule has 6 heteroatoms. The number of anilines is 1. The molecule has 0 bridgehead atoms. The van der Waals surface area contributed by atoms with Gasteiger partial charge in [-0.05, 0) is 37.3 Å². The largest absolute Gasteiger partial charge is 0.481 e. The SMILES string of the molecule is CC(Oc1cccc(C#N)c1)C(=O)NC(=O)Nc1ccccc1. The molecule has 6 nitrogen and oxygen atoms in total. The van der Waals surface area contributed by atoms with Crippen molar-refractivity contribution in [3.8, 4) is 11.8 Å². The first-order valence-corrected chi connectivity index (χ1v) is 6.92. The molecule has 116 valence electrons. The molecule has 0 saturated heterocycles. The summed E-state index contributed by atoms with van der Waals surface area (Å²) in [5.41, 5.74) is 1.00. The van der Waals surface area contributed by atoms with Gasteiger partial charge in [0, 0.05) is 5.69 Å². The van der Waals surface area contributed by atoms with Crippen LogP contribution in [-0.2, 0) is 4.79 Å². The highest BCUT2D eigenvalue weighted by atomic mass is 16.5. The van der Waals surface area contributed by atoms with Crippen molar-refractivity contribution in [1.82, 2.24) is 5.32 Å². The predicted octanol–water partition coefficient (Wildman–Crippen LogP) is 2.67. The summed E-state index contributed by atoms with van der Waals surface area (Å²) in [6, 6.07) is 16.6. The van der Waals surface area contributed by atoms with Gasteiger partial charge in [0.15, 0.2) is 6.10 Å². The molecule has 0 saturated carbocycles. The molecule has 1 unspecified atom stereocenters. The number of para-hydroxylation sites is 1. The van der Waals surface area contributed by atoms with Gasteiger partial charge < -0.3 is 10.1 Å². The summed E-state index contributed by atoms with van der Waals surface area (Å²) in [5.74, 6) is -0.198. The van der Waals surface area contributed by atoms with E-state index in [0.29, 0.717) is 17.0 Å². The minimum atomic E-state index is -0.884. The van der Waals surface area contributed by atoms with E-state index in [1.807, 2.05) is 12.1 Å². The lowest BCUT2D eigenvalue weighted by Gasteiger charge is -2.14. The summed E-state index contributed by atoms with van der Waals surface area (Å²) in [4.78, 5) is 23.7. The van der Waals surface area contributed by atoms with Crippen molar-refractivity contribution in [1.29, 1.82) is 5.26 Å². The Labute approximate surface area is 133 Å². The van der Waals surface area contributed by atoms with E-state index in [2.05, 4.69) is 10.6 Å². The van der Waals surface area contributed by atoms with Crippen molar-refractivity contribution in [2.75, 3.05) is 5.32 Å². The van der Waals surface area contributed by atoms with Gasteiger partial charge in [-0.25, -0.2) is 4.79 Å². The second-order valence-corrected chi connectivity index (χ2v) is 4.71. The van der Waals surface area contributed by atoms with Gasteiger partial charge in [0.1, 0.15) is 5.75 Å². The maximum atomic E-state index is 11.9. The van der Waals surface area contributed by atoms with Crippen molar-refractivity contribution >= 4 is 17.6 Å². The number of amides is 3. The van der Waals surface area contributed by atoms with Crippen molar-refractivity contribution in [3.63, 3.8) is 0 Å². The van der Waals surface area contributed by atoms with Gasteiger partial charge in [-0.1, -0.05) is 24.3 Å². The van der Waals surface area contributed by atoms with Crippen LogP contribution in [0.4, 0.5) is 10.5 Å². The molecule has 0 fully saturated rings. The first-order valence-electron chi connectivity index (χ1n) is 6.92. The third-order valence-corrected chi connectivity index (χ3v) is 2.91. The fourth-order valence-corrected chi connectivity index (χ4v) is 1.79. The van der Waals surface area contributed by atoms with Gasteiger partial charge in [0.2, 0.25) is 0 Å². The predicted molar refractivity (Wildman–Crippen MR) is 84.9 cm³/mol. The smallest absolute Gasteiger partial charge is 0.325 e. The van der Waals surface area contributed by atoms with E-state index >= 15 is 0 Å². The van der Waals surface area contributed by atoms with Crippen LogP contribution < -0.4 is 15.4 Å². The number of benzene rings is 2. The highest BCUT2D eigenvalue weighted by Crippen LogP contribution is 2.14. The van der Waals surface area contributed by atoms with Crippen molar-refractivity contribution in [2.24, 2.45) is 0 Å². The van der Waals surface area contributed by atoms with Gasteiger partial charge in [0.25, 0.3) is 5.91 Å². The number of hydrogen-bond acceptors (Lipinski definition) is 4. The van der Waals surface area contributed by atoms with Gasteiger partial charge >= 0.3 is 6.03 Å². The van der Waals surface area contributed by atoms with E-state index in [4.69, 9.17) is 10.00 Å². The molecule has 2 rings (SSSR count). The number of ether oxygens (including phenoxy) is 1. The fourth-order valence-electron chi connectivity index (χ4n) is 1.79. The number of urea groups is 1. The Morgan fingerprint density at radius 3 is 2.57 bits per heavy atom. The van der Waals surface area contributed by atoms with E-state index in [9.17, 15) is 9.59 Å². The molecule has 0 radical (unpaired) electrons. The Bertz CT molecular complexity index is 738. The first kappa shape index (κ1) is 16.0. The van der Waals surface area contributed by atoms with Crippen molar-refractivity contribution in [3.05, 3.63) is 60.2 Å². The number of carbonyl (C=O) groups is 2. The zero-order valence-electron chi connectivity index (χ0n) is 12.4. The fraction of sp³-hybridized carbons (Fsp3) is 0.118. The average Bonchev–Trinajstić information content (AvgIpc) is 2.55. The number of nitriles is 1. The summed E-state index contributed by atoms with van der Waals surface area (Å²) in [6.45, 7) is 1.52. The molecule has 3 amide bonds. The first-order chi connectivity index (χ1) is 11.1. The molecule has 0 heterocycles. The van der Waals surface area contributed by atoms with Crippen LogP contribution in [-0.4, -0.2) is 18.0 Å². The second kappa shape index (κ2) is 7.61. The highest BCUT2D eigenvalue weighted by molar-refractivity contribution is 6.02. The Hall–Kier alpha value is -3.33. The van der Waals surface area contributed by atoms with Gasteiger partial charge in [-0.15, -0.1) is 0 Å². The standard InChI is InChI=1S/C17H15N3O3/c1-12(23-15-9-5-6-13(10-15)11-18)16(21)20-17(22)19-14-7-3-2-4-8-14/h2-10,12H,1H3,(H2,19,20,21,22). The topological polar surface area (TPSA) is 91.2 Å². The van der Waals surface area contributed by atoms with Crippen LogP contribution in [0.1, 0.15) is 12.5 Å². The average molecular weight is 309 g/mol. The van der Waals surface area contributed by atoms with Crippen molar-refractivity contribution in [2.45, 2.75) is 13.0 Å². The molecule has 2 N–H and O–H groups in total. The van der Waals surface area contributed by atoms with E-state index in [-0.39, 0.29) is 0 Å². The third-order valence-electron chi connectivity index (χ3n) is 2.91. The monoisotopic (exact) mass is 309 g/mol. The Balaban J connectivity index is 1.89.